The van der Waals surface area contributed by atoms with Gasteiger partial charge in [-0.15, -0.1) is 0 Å². The number of amides is 2. The van der Waals surface area contributed by atoms with Gasteiger partial charge in [0.1, 0.15) is 0 Å². The Balaban J connectivity index is 1.49. The molecule has 4 rings (SSSR count). The number of nitrogens with zero attached hydrogens (tertiary/aromatic N) is 2. The lowest BCUT2D eigenvalue weighted by atomic mass is 9.78. The van der Waals surface area contributed by atoms with Crippen molar-refractivity contribution in [2.75, 3.05) is 26.2 Å². The van der Waals surface area contributed by atoms with Gasteiger partial charge in [0.15, 0.2) is 11.6 Å². The molecule has 5 nitrogen and oxygen atoms in total. The molecular formula is C20H24F2N2O3. The minimum atomic E-state index is -0.914. The number of carbonyl (C=O) groups is 2. The summed E-state index contributed by atoms with van der Waals surface area (Å²) in [6.45, 7) is 1.26. The van der Waals surface area contributed by atoms with E-state index in [1.165, 1.54) is 12.1 Å². The summed E-state index contributed by atoms with van der Waals surface area (Å²) in [5, 5.41) is 9.51. The number of hydrogen-bond acceptors (Lipinski definition) is 3. The van der Waals surface area contributed by atoms with Gasteiger partial charge in [0.2, 0.25) is 11.8 Å². The number of aliphatic hydroxyl groups excluding tert-OH is 1. The normalized spacial score (nSPS) is 26.7. The van der Waals surface area contributed by atoms with Crippen molar-refractivity contribution in [1.82, 2.24) is 9.80 Å². The van der Waals surface area contributed by atoms with Crippen molar-refractivity contribution in [3.05, 3.63) is 35.4 Å². The van der Waals surface area contributed by atoms with Crippen molar-refractivity contribution in [3.63, 3.8) is 0 Å². The third-order valence-electron chi connectivity index (χ3n) is 6.47. The number of hydrogen-bond donors (Lipinski definition) is 1. The second-order valence-corrected chi connectivity index (χ2v) is 8.24. The van der Waals surface area contributed by atoms with Gasteiger partial charge in [-0.3, -0.25) is 9.59 Å². The Labute approximate surface area is 156 Å². The molecule has 3 aliphatic rings. The van der Waals surface area contributed by atoms with Crippen LogP contribution in [-0.4, -0.2) is 53.0 Å². The van der Waals surface area contributed by atoms with Crippen LogP contribution in [0.1, 0.15) is 37.7 Å². The van der Waals surface area contributed by atoms with E-state index in [1.807, 2.05) is 0 Å². The molecule has 1 spiro atoms. The summed E-state index contributed by atoms with van der Waals surface area (Å²) in [5.41, 5.74) is -1.10. The molecule has 146 valence electrons. The minimum absolute atomic E-state index is 0.0404. The monoisotopic (exact) mass is 378 g/mol. The zero-order valence-corrected chi connectivity index (χ0v) is 15.2. The molecule has 2 amide bonds. The summed E-state index contributed by atoms with van der Waals surface area (Å²) in [4.78, 5) is 29.2. The number of benzene rings is 1. The standard InChI is InChI=1S/C20H24F2N2O3/c21-15-4-1-3-14(16(15)22)11-23-9-2-5-19(17(23)26)8-10-24(12-19)18(27)20(13-25)6-7-20/h1,3-4,25H,2,5-13H2/t19-/m0/s1. The van der Waals surface area contributed by atoms with Gasteiger partial charge in [-0.1, -0.05) is 12.1 Å². The first-order valence-corrected chi connectivity index (χ1v) is 9.53. The van der Waals surface area contributed by atoms with Crippen LogP contribution in [-0.2, 0) is 16.1 Å². The molecule has 27 heavy (non-hydrogen) atoms. The molecule has 0 unspecified atom stereocenters. The summed E-state index contributed by atoms with van der Waals surface area (Å²) in [6.07, 6.45) is 3.45. The number of rotatable bonds is 4. The highest BCUT2D eigenvalue weighted by Gasteiger charge is 2.56. The maximum Gasteiger partial charge on any atom is 0.231 e. The second kappa shape index (κ2) is 6.55. The van der Waals surface area contributed by atoms with Crippen LogP contribution in [0.4, 0.5) is 8.78 Å². The van der Waals surface area contributed by atoms with Gasteiger partial charge in [-0.05, 0) is 38.2 Å². The molecule has 2 aliphatic heterocycles. The number of halogens is 2. The van der Waals surface area contributed by atoms with E-state index in [0.29, 0.717) is 45.3 Å². The molecular weight excluding hydrogens is 354 g/mol. The predicted molar refractivity (Wildman–Crippen MR) is 93.4 cm³/mol. The Kier molecular flexibility index (Phi) is 4.45. The van der Waals surface area contributed by atoms with Crippen LogP contribution in [0, 0.1) is 22.5 Å². The van der Waals surface area contributed by atoms with E-state index in [4.69, 9.17) is 0 Å². The highest BCUT2D eigenvalue weighted by molar-refractivity contribution is 5.89. The zero-order chi connectivity index (χ0) is 19.2. The number of aliphatic hydroxyl groups is 1. The maximum atomic E-state index is 14.0. The van der Waals surface area contributed by atoms with Crippen LogP contribution in [0.3, 0.4) is 0 Å². The first-order chi connectivity index (χ1) is 12.9. The van der Waals surface area contributed by atoms with Crippen molar-refractivity contribution in [1.29, 1.82) is 0 Å². The van der Waals surface area contributed by atoms with Crippen LogP contribution in [0.15, 0.2) is 18.2 Å². The van der Waals surface area contributed by atoms with Gasteiger partial charge in [0.25, 0.3) is 0 Å². The summed E-state index contributed by atoms with van der Waals surface area (Å²) in [5.74, 6) is -1.96. The fraction of sp³-hybridized carbons (Fsp3) is 0.600. The largest absolute Gasteiger partial charge is 0.395 e. The van der Waals surface area contributed by atoms with E-state index >= 15 is 0 Å². The Bertz CT molecular complexity index is 780. The molecule has 0 radical (unpaired) electrons. The Morgan fingerprint density at radius 1 is 1.15 bits per heavy atom. The molecule has 1 aliphatic carbocycles. The maximum absolute atomic E-state index is 14.0. The van der Waals surface area contributed by atoms with Crippen molar-refractivity contribution in [3.8, 4) is 0 Å². The topological polar surface area (TPSA) is 60.9 Å². The average molecular weight is 378 g/mol. The van der Waals surface area contributed by atoms with E-state index in [-0.39, 0.29) is 30.5 Å². The summed E-state index contributed by atoms with van der Waals surface area (Å²) < 4.78 is 27.5. The molecule has 1 saturated carbocycles. The van der Waals surface area contributed by atoms with Crippen molar-refractivity contribution >= 4 is 11.8 Å². The van der Waals surface area contributed by atoms with Crippen LogP contribution in [0.5, 0.6) is 0 Å². The molecule has 2 heterocycles. The van der Waals surface area contributed by atoms with E-state index in [1.54, 1.807) is 9.80 Å². The zero-order valence-electron chi connectivity index (χ0n) is 15.2. The molecule has 3 fully saturated rings. The first-order valence-electron chi connectivity index (χ1n) is 9.53. The highest BCUT2D eigenvalue weighted by Crippen LogP contribution is 2.49. The SMILES string of the molecule is O=C(N1CC[C@@]2(CCCN(Cc3cccc(F)c3F)C2=O)C1)C1(CO)CC1. The van der Waals surface area contributed by atoms with Crippen LogP contribution >= 0.6 is 0 Å². The number of likely N-dealkylation sites (tertiary alicyclic amines) is 2. The van der Waals surface area contributed by atoms with E-state index in [9.17, 15) is 23.5 Å². The van der Waals surface area contributed by atoms with Crippen molar-refractivity contribution in [2.24, 2.45) is 10.8 Å². The summed E-state index contributed by atoms with van der Waals surface area (Å²) in [7, 11) is 0. The molecule has 1 atom stereocenters. The Hall–Kier alpha value is -2.02. The Morgan fingerprint density at radius 3 is 2.63 bits per heavy atom. The van der Waals surface area contributed by atoms with Crippen LogP contribution in [0.2, 0.25) is 0 Å². The van der Waals surface area contributed by atoms with E-state index < -0.39 is 22.5 Å². The van der Waals surface area contributed by atoms with Crippen LogP contribution in [0.25, 0.3) is 0 Å². The third-order valence-corrected chi connectivity index (χ3v) is 6.47. The fourth-order valence-electron chi connectivity index (χ4n) is 4.53. The van der Waals surface area contributed by atoms with Gasteiger partial charge in [-0.2, -0.15) is 0 Å². The first kappa shape index (κ1) is 18.3. The van der Waals surface area contributed by atoms with Gasteiger partial charge in [-0.25, -0.2) is 8.78 Å². The lowest BCUT2D eigenvalue weighted by Gasteiger charge is -2.39. The van der Waals surface area contributed by atoms with E-state index in [0.717, 1.165) is 12.5 Å². The molecule has 7 heteroatoms. The van der Waals surface area contributed by atoms with Gasteiger partial charge >= 0.3 is 0 Å². The quantitative estimate of drug-likeness (QED) is 0.873. The van der Waals surface area contributed by atoms with Crippen LogP contribution < -0.4 is 0 Å². The lowest BCUT2D eigenvalue weighted by molar-refractivity contribution is -0.147. The second-order valence-electron chi connectivity index (χ2n) is 8.24. The molecule has 1 N–H and O–H groups in total. The smallest absolute Gasteiger partial charge is 0.231 e. The van der Waals surface area contributed by atoms with Gasteiger partial charge in [0, 0.05) is 31.7 Å². The van der Waals surface area contributed by atoms with Crippen molar-refractivity contribution < 1.29 is 23.5 Å². The Morgan fingerprint density at radius 2 is 1.93 bits per heavy atom. The third kappa shape index (κ3) is 3.02. The highest BCUT2D eigenvalue weighted by atomic mass is 19.2. The minimum Gasteiger partial charge on any atom is -0.395 e. The molecule has 0 bridgehead atoms. The fourth-order valence-corrected chi connectivity index (χ4v) is 4.53. The average Bonchev–Trinajstić information content (AvgIpc) is 3.36. The molecule has 0 aromatic heterocycles. The number of carbonyl (C=O) groups excluding carboxylic acids is 2. The molecule has 1 aromatic rings. The predicted octanol–water partition coefficient (Wildman–Crippen LogP) is 2.08. The molecule has 1 aromatic carbocycles. The summed E-state index contributed by atoms with van der Waals surface area (Å²) in [6, 6.07) is 4.00. The molecule has 2 saturated heterocycles. The van der Waals surface area contributed by atoms with E-state index in [2.05, 4.69) is 0 Å². The lowest BCUT2D eigenvalue weighted by Crippen LogP contribution is -2.50. The van der Waals surface area contributed by atoms with Gasteiger partial charge < -0.3 is 14.9 Å². The van der Waals surface area contributed by atoms with Crippen molar-refractivity contribution in [2.45, 2.75) is 38.6 Å². The summed E-state index contributed by atoms with van der Waals surface area (Å²) >= 11 is 0. The number of piperidine rings is 1. The van der Waals surface area contributed by atoms with Gasteiger partial charge in [0.05, 0.1) is 17.4 Å².